The molecule has 2 aliphatic rings. The quantitative estimate of drug-likeness (QED) is 0.728. The lowest BCUT2D eigenvalue weighted by Gasteiger charge is -2.29. The van der Waals surface area contributed by atoms with Gasteiger partial charge in [-0.25, -0.2) is 4.79 Å². The first-order valence-electron chi connectivity index (χ1n) is 10.0. The molecule has 2 amide bonds. The summed E-state index contributed by atoms with van der Waals surface area (Å²) in [6.07, 6.45) is 3.29. The molecule has 3 N–H and O–H groups in total. The molecule has 0 bridgehead atoms. The zero-order valence-corrected chi connectivity index (χ0v) is 16.1. The second-order valence-corrected chi connectivity index (χ2v) is 7.82. The fraction of sp³-hybridized carbons (Fsp3) is 0.348. The van der Waals surface area contributed by atoms with Crippen molar-refractivity contribution < 1.29 is 19.5 Å². The number of para-hydroxylation sites is 1. The summed E-state index contributed by atoms with van der Waals surface area (Å²) in [5.74, 6) is -2.28. The van der Waals surface area contributed by atoms with Crippen molar-refractivity contribution in [3.05, 3.63) is 65.2 Å². The van der Waals surface area contributed by atoms with Gasteiger partial charge < -0.3 is 15.7 Å². The number of aryl methyl sites for hydroxylation is 1. The number of aliphatic carboxylic acids is 1. The van der Waals surface area contributed by atoms with E-state index in [2.05, 4.69) is 22.8 Å². The summed E-state index contributed by atoms with van der Waals surface area (Å²) >= 11 is 0. The lowest BCUT2D eigenvalue weighted by atomic mass is 9.79. The molecule has 0 aromatic heterocycles. The summed E-state index contributed by atoms with van der Waals surface area (Å²) in [6, 6.07) is 14.3. The molecule has 150 valence electrons. The van der Waals surface area contributed by atoms with E-state index in [0.717, 1.165) is 24.8 Å². The Morgan fingerprint density at radius 1 is 1.10 bits per heavy atom. The molecule has 0 radical (unpaired) electrons. The van der Waals surface area contributed by atoms with E-state index in [1.807, 2.05) is 18.2 Å². The number of anilines is 1. The standard InChI is InChI=1S/C23H24N2O4/c26-21-13-18(17-10-3-4-11-19(17)24-21)22(27)25-20(23(28)29)12-15-8-5-7-14-6-1-2-9-16(14)15/h1-4,6,9-11,15,18,20H,5,7-8,12-13H2,(H,24,26)(H,25,27)(H,28,29). The van der Waals surface area contributed by atoms with Crippen LogP contribution in [0.5, 0.6) is 0 Å². The first-order valence-corrected chi connectivity index (χ1v) is 10.0. The van der Waals surface area contributed by atoms with Gasteiger partial charge in [0.2, 0.25) is 11.8 Å². The molecule has 2 aromatic rings. The predicted octanol–water partition coefficient (Wildman–Crippen LogP) is 3.19. The second kappa shape index (κ2) is 8.07. The van der Waals surface area contributed by atoms with Gasteiger partial charge in [0.05, 0.1) is 5.92 Å². The van der Waals surface area contributed by atoms with Crippen molar-refractivity contribution in [2.24, 2.45) is 0 Å². The number of benzene rings is 2. The molecule has 6 heteroatoms. The summed E-state index contributed by atoms with van der Waals surface area (Å²) in [5, 5.41) is 15.2. The molecule has 1 aliphatic heterocycles. The molecular weight excluding hydrogens is 368 g/mol. The average molecular weight is 392 g/mol. The van der Waals surface area contributed by atoms with E-state index in [0.29, 0.717) is 12.1 Å². The number of carbonyl (C=O) groups excluding carboxylic acids is 2. The van der Waals surface area contributed by atoms with Crippen LogP contribution in [0.25, 0.3) is 0 Å². The van der Waals surface area contributed by atoms with Crippen molar-refractivity contribution >= 4 is 23.5 Å². The van der Waals surface area contributed by atoms with Crippen molar-refractivity contribution in [1.82, 2.24) is 5.32 Å². The van der Waals surface area contributed by atoms with Crippen LogP contribution in [0.15, 0.2) is 48.5 Å². The van der Waals surface area contributed by atoms with Gasteiger partial charge in [-0.2, -0.15) is 0 Å². The van der Waals surface area contributed by atoms with Crippen molar-refractivity contribution in [3.63, 3.8) is 0 Å². The number of hydrogen-bond donors (Lipinski definition) is 3. The number of fused-ring (bicyclic) bond motifs is 2. The minimum atomic E-state index is -1.05. The maximum atomic E-state index is 13.0. The van der Waals surface area contributed by atoms with Crippen LogP contribution < -0.4 is 10.6 Å². The van der Waals surface area contributed by atoms with E-state index in [9.17, 15) is 19.5 Å². The van der Waals surface area contributed by atoms with Crippen molar-refractivity contribution in [2.75, 3.05) is 5.32 Å². The SMILES string of the molecule is O=C1CC(C(=O)NC(CC2CCCc3ccccc32)C(=O)O)c2ccccc2N1. The normalized spacial score (nSPS) is 21.3. The third-order valence-electron chi connectivity index (χ3n) is 5.94. The van der Waals surface area contributed by atoms with Gasteiger partial charge in [-0.3, -0.25) is 9.59 Å². The number of hydrogen-bond acceptors (Lipinski definition) is 3. The number of carboxylic acids is 1. The van der Waals surface area contributed by atoms with Gasteiger partial charge in [-0.1, -0.05) is 42.5 Å². The molecule has 0 saturated heterocycles. The van der Waals surface area contributed by atoms with Crippen LogP contribution in [-0.4, -0.2) is 28.9 Å². The summed E-state index contributed by atoms with van der Waals surface area (Å²) in [4.78, 5) is 36.9. The molecule has 4 rings (SSSR count). The van der Waals surface area contributed by atoms with E-state index in [-0.39, 0.29) is 18.2 Å². The Hall–Kier alpha value is -3.15. The molecule has 0 fully saturated rings. The third kappa shape index (κ3) is 4.01. The first-order chi connectivity index (χ1) is 14.0. The fourth-order valence-electron chi connectivity index (χ4n) is 4.52. The van der Waals surface area contributed by atoms with E-state index in [4.69, 9.17) is 0 Å². The first kappa shape index (κ1) is 19.2. The van der Waals surface area contributed by atoms with Crippen LogP contribution in [0.1, 0.15) is 54.2 Å². The molecular formula is C23H24N2O4. The van der Waals surface area contributed by atoms with Gasteiger partial charge in [-0.15, -0.1) is 0 Å². The van der Waals surface area contributed by atoms with Crippen LogP contribution >= 0.6 is 0 Å². The molecule has 29 heavy (non-hydrogen) atoms. The minimum Gasteiger partial charge on any atom is -0.480 e. The van der Waals surface area contributed by atoms with Crippen LogP contribution in [-0.2, 0) is 20.8 Å². The Morgan fingerprint density at radius 3 is 2.62 bits per heavy atom. The fourth-order valence-corrected chi connectivity index (χ4v) is 4.52. The van der Waals surface area contributed by atoms with Gasteiger partial charge in [0.25, 0.3) is 0 Å². The monoisotopic (exact) mass is 392 g/mol. The number of amides is 2. The minimum absolute atomic E-state index is 0.0153. The number of nitrogens with one attached hydrogen (secondary N) is 2. The number of carboxylic acid groups (broad SMARTS) is 1. The van der Waals surface area contributed by atoms with Gasteiger partial charge in [0.15, 0.2) is 0 Å². The molecule has 3 atom stereocenters. The topological polar surface area (TPSA) is 95.5 Å². The summed E-state index contributed by atoms with van der Waals surface area (Å²) in [6.45, 7) is 0. The summed E-state index contributed by atoms with van der Waals surface area (Å²) in [5.41, 5.74) is 3.77. The third-order valence-corrected chi connectivity index (χ3v) is 5.94. The van der Waals surface area contributed by atoms with Crippen molar-refractivity contribution in [1.29, 1.82) is 0 Å². The predicted molar refractivity (Wildman–Crippen MR) is 109 cm³/mol. The Balaban J connectivity index is 1.52. The van der Waals surface area contributed by atoms with Crippen LogP contribution in [0, 0.1) is 0 Å². The Bertz CT molecular complexity index is 955. The highest BCUT2D eigenvalue weighted by Gasteiger charge is 2.34. The van der Waals surface area contributed by atoms with Gasteiger partial charge in [-0.05, 0) is 54.4 Å². The maximum Gasteiger partial charge on any atom is 0.326 e. The van der Waals surface area contributed by atoms with Crippen LogP contribution in [0.2, 0.25) is 0 Å². The van der Waals surface area contributed by atoms with E-state index in [1.165, 1.54) is 11.1 Å². The number of carbonyl (C=O) groups is 3. The van der Waals surface area contributed by atoms with Crippen molar-refractivity contribution in [2.45, 2.75) is 50.0 Å². The summed E-state index contributed by atoms with van der Waals surface area (Å²) < 4.78 is 0. The molecule has 3 unspecified atom stereocenters. The second-order valence-electron chi connectivity index (χ2n) is 7.82. The maximum absolute atomic E-state index is 13.0. The van der Waals surface area contributed by atoms with Crippen LogP contribution in [0.4, 0.5) is 5.69 Å². The smallest absolute Gasteiger partial charge is 0.326 e. The number of rotatable bonds is 5. The van der Waals surface area contributed by atoms with E-state index in [1.54, 1.807) is 18.2 Å². The highest BCUT2D eigenvalue weighted by Crippen LogP contribution is 2.35. The molecule has 1 heterocycles. The molecule has 6 nitrogen and oxygen atoms in total. The van der Waals surface area contributed by atoms with E-state index >= 15 is 0 Å². The Kier molecular flexibility index (Phi) is 5.34. The van der Waals surface area contributed by atoms with Gasteiger partial charge >= 0.3 is 5.97 Å². The molecule has 1 aliphatic carbocycles. The average Bonchev–Trinajstić information content (AvgIpc) is 2.72. The van der Waals surface area contributed by atoms with Gasteiger partial charge in [0.1, 0.15) is 6.04 Å². The lowest BCUT2D eigenvalue weighted by molar-refractivity contribution is -0.142. The van der Waals surface area contributed by atoms with Crippen molar-refractivity contribution in [3.8, 4) is 0 Å². The summed E-state index contributed by atoms with van der Waals surface area (Å²) in [7, 11) is 0. The zero-order valence-electron chi connectivity index (χ0n) is 16.1. The lowest BCUT2D eigenvalue weighted by Crippen LogP contribution is -2.45. The zero-order chi connectivity index (χ0) is 20.4. The Morgan fingerprint density at radius 2 is 1.83 bits per heavy atom. The van der Waals surface area contributed by atoms with E-state index < -0.39 is 23.8 Å². The highest BCUT2D eigenvalue weighted by molar-refractivity contribution is 6.01. The van der Waals surface area contributed by atoms with Crippen LogP contribution in [0.3, 0.4) is 0 Å². The Labute approximate surface area is 169 Å². The highest BCUT2D eigenvalue weighted by atomic mass is 16.4. The largest absolute Gasteiger partial charge is 0.480 e. The molecule has 0 saturated carbocycles. The van der Waals surface area contributed by atoms with Gasteiger partial charge in [0, 0.05) is 12.1 Å². The molecule has 0 spiro atoms. The molecule has 2 aromatic carbocycles.